The fourth-order valence-corrected chi connectivity index (χ4v) is 5.17. The Hall–Kier alpha value is -3.58. The fraction of sp³-hybridized carbons (Fsp3) is 0.321. The van der Waals surface area contributed by atoms with Crippen LogP contribution in [0.5, 0.6) is 11.8 Å². The number of carbonyl (C=O) groups is 1. The summed E-state index contributed by atoms with van der Waals surface area (Å²) in [5, 5.41) is 20.1. The lowest BCUT2D eigenvalue weighted by Crippen LogP contribution is -2.37. The number of aromatic hydroxyl groups is 1. The van der Waals surface area contributed by atoms with Gasteiger partial charge in [0.1, 0.15) is 11.9 Å². The Labute approximate surface area is 214 Å². The van der Waals surface area contributed by atoms with E-state index in [9.17, 15) is 15.0 Å². The molecule has 7 nitrogen and oxygen atoms in total. The van der Waals surface area contributed by atoms with Gasteiger partial charge in [0.2, 0.25) is 0 Å². The zero-order chi connectivity index (χ0) is 25.4. The molecule has 1 aliphatic carbocycles. The first-order valence-corrected chi connectivity index (χ1v) is 12.5. The fourth-order valence-electron chi connectivity index (χ4n) is 4.91. The first kappa shape index (κ1) is 24.1. The van der Waals surface area contributed by atoms with Crippen LogP contribution in [0, 0.1) is 11.3 Å². The highest BCUT2D eigenvalue weighted by molar-refractivity contribution is 6.33. The summed E-state index contributed by atoms with van der Waals surface area (Å²) in [5.41, 5.74) is 3.56. The summed E-state index contributed by atoms with van der Waals surface area (Å²) >= 11 is 6.57. The number of para-hydroxylation sites is 1. The maximum atomic E-state index is 11.6. The standard InChI is InChI=1S/C28H28ClN3O4/c1-28(2,26(34)35)18-11-13-19(14-12-18)36-27-30-22-15-21(29)24(31-25(22)32-27)17-9-7-16(8-10-17)20-5-3-4-6-23(20)33/h3-10,15,18-19,33H,11-14H2,1-2H3,(H,34,35)(H,30,31,32). The molecular weight excluding hydrogens is 478 g/mol. The number of aliphatic carboxylic acids is 1. The molecule has 36 heavy (non-hydrogen) atoms. The van der Waals surface area contributed by atoms with Gasteiger partial charge in [0.05, 0.1) is 21.6 Å². The lowest BCUT2D eigenvalue weighted by Gasteiger charge is -2.36. The van der Waals surface area contributed by atoms with Crippen LogP contribution in [-0.4, -0.2) is 37.2 Å². The number of hydrogen-bond donors (Lipinski definition) is 3. The summed E-state index contributed by atoms with van der Waals surface area (Å²) in [5.74, 6) is -0.396. The Balaban J connectivity index is 1.32. The number of fused-ring (bicyclic) bond motifs is 1. The van der Waals surface area contributed by atoms with Gasteiger partial charge in [0.15, 0.2) is 5.65 Å². The molecule has 2 aromatic carbocycles. The zero-order valence-electron chi connectivity index (χ0n) is 20.2. The van der Waals surface area contributed by atoms with Crippen molar-refractivity contribution in [3.8, 4) is 34.1 Å². The van der Waals surface area contributed by atoms with Gasteiger partial charge in [0.25, 0.3) is 6.01 Å². The predicted octanol–water partition coefficient (Wildman–Crippen LogP) is 6.70. The van der Waals surface area contributed by atoms with E-state index < -0.39 is 11.4 Å². The molecule has 4 aromatic rings. The summed E-state index contributed by atoms with van der Waals surface area (Å²) in [4.78, 5) is 23.9. The summed E-state index contributed by atoms with van der Waals surface area (Å²) in [6.45, 7) is 3.60. The van der Waals surface area contributed by atoms with Crippen LogP contribution >= 0.6 is 11.6 Å². The molecule has 186 valence electrons. The topological polar surface area (TPSA) is 108 Å². The number of H-pyrrole nitrogens is 1. The normalized spacial score (nSPS) is 18.3. The van der Waals surface area contributed by atoms with E-state index in [-0.39, 0.29) is 17.8 Å². The van der Waals surface area contributed by atoms with Crippen molar-refractivity contribution in [1.82, 2.24) is 15.0 Å². The Morgan fingerprint density at radius 2 is 1.69 bits per heavy atom. The molecular formula is C28H28ClN3O4. The largest absolute Gasteiger partial charge is 0.507 e. The number of nitrogens with zero attached hydrogens (tertiary/aromatic N) is 2. The number of benzene rings is 2. The van der Waals surface area contributed by atoms with Gasteiger partial charge < -0.3 is 19.9 Å². The second-order valence-corrected chi connectivity index (χ2v) is 10.4. The summed E-state index contributed by atoms with van der Waals surface area (Å²) in [7, 11) is 0. The van der Waals surface area contributed by atoms with E-state index >= 15 is 0 Å². The number of halogens is 1. The minimum atomic E-state index is -0.754. The second-order valence-electron chi connectivity index (χ2n) is 9.94. The molecule has 0 atom stereocenters. The number of aromatic amines is 1. The molecule has 0 radical (unpaired) electrons. The van der Waals surface area contributed by atoms with Crippen molar-refractivity contribution in [1.29, 1.82) is 0 Å². The first-order chi connectivity index (χ1) is 17.2. The van der Waals surface area contributed by atoms with Gasteiger partial charge in [-0.2, -0.15) is 4.98 Å². The number of ether oxygens (including phenoxy) is 1. The number of phenolic OH excluding ortho intramolecular Hbond substituents is 1. The molecule has 2 heterocycles. The van der Waals surface area contributed by atoms with Crippen LogP contribution in [0.1, 0.15) is 39.5 Å². The van der Waals surface area contributed by atoms with E-state index in [4.69, 9.17) is 16.3 Å². The molecule has 1 fully saturated rings. The van der Waals surface area contributed by atoms with Crippen molar-refractivity contribution in [3.05, 3.63) is 59.6 Å². The van der Waals surface area contributed by atoms with Gasteiger partial charge in [-0.15, -0.1) is 0 Å². The van der Waals surface area contributed by atoms with E-state index in [0.717, 1.165) is 42.4 Å². The van der Waals surface area contributed by atoms with Crippen LogP contribution in [0.4, 0.5) is 0 Å². The second kappa shape index (κ2) is 9.47. The Morgan fingerprint density at radius 1 is 1.03 bits per heavy atom. The molecule has 8 heteroatoms. The minimum Gasteiger partial charge on any atom is -0.507 e. The first-order valence-electron chi connectivity index (χ1n) is 12.1. The van der Waals surface area contributed by atoms with Crippen molar-refractivity contribution in [2.24, 2.45) is 11.3 Å². The van der Waals surface area contributed by atoms with Gasteiger partial charge in [-0.05, 0) is 63.1 Å². The van der Waals surface area contributed by atoms with Crippen molar-refractivity contribution in [2.45, 2.75) is 45.6 Å². The number of phenols is 1. The van der Waals surface area contributed by atoms with Crippen LogP contribution in [0.3, 0.4) is 0 Å². The Bertz CT molecular complexity index is 1410. The number of hydrogen-bond acceptors (Lipinski definition) is 5. The monoisotopic (exact) mass is 505 g/mol. The molecule has 1 aliphatic rings. The van der Waals surface area contributed by atoms with Gasteiger partial charge in [-0.3, -0.25) is 4.79 Å². The van der Waals surface area contributed by atoms with Crippen LogP contribution in [0.2, 0.25) is 5.02 Å². The predicted molar refractivity (Wildman–Crippen MR) is 139 cm³/mol. The minimum absolute atomic E-state index is 0.0247. The number of carboxylic acids is 1. The van der Waals surface area contributed by atoms with E-state index in [1.54, 1.807) is 32.0 Å². The van der Waals surface area contributed by atoms with Gasteiger partial charge in [0, 0.05) is 11.1 Å². The average Bonchev–Trinajstić information content (AvgIpc) is 3.25. The van der Waals surface area contributed by atoms with Crippen molar-refractivity contribution < 1.29 is 19.7 Å². The average molecular weight is 506 g/mol. The number of nitrogens with one attached hydrogen (secondary N) is 1. The highest BCUT2D eigenvalue weighted by Gasteiger charge is 2.39. The maximum Gasteiger partial charge on any atom is 0.309 e. The van der Waals surface area contributed by atoms with Crippen LogP contribution in [0.15, 0.2) is 54.6 Å². The van der Waals surface area contributed by atoms with Crippen LogP contribution < -0.4 is 4.74 Å². The molecule has 0 saturated heterocycles. The molecule has 0 amide bonds. The van der Waals surface area contributed by atoms with Crippen molar-refractivity contribution in [2.75, 3.05) is 0 Å². The van der Waals surface area contributed by atoms with Gasteiger partial charge >= 0.3 is 5.97 Å². The van der Waals surface area contributed by atoms with E-state index in [0.29, 0.717) is 27.9 Å². The van der Waals surface area contributed by atoms with Gasteiger partial charge in [-0.1, -0.05) is 54.1 Å². The summed E-state index contributed by atoms with van der Waals surface area (Å²) in [6.07, 6.45) is 3.13. The molecule has 2 aromatic heterocycles. The highest BCUT2D eigenvalue weighted by Crippen LogP contribution is 2.39. The summed E-state index contributed by atoms with van der Waals surface area (Å²) < 4.78 is 6.10. The van der Waals surface area contributed by atoms with Crippen molar-refractivity contribution in [3.63, 3.8) is 0 Å². The molecule has 0 spiro atoms. The molecule has 3 N–H and O–H groups in total. The third-order valence-electron chi connectivity index (χ3n) is 7.30. The number of rotatable bonds is 6. The quantitative estimate of drug-likeness (QED) is 0.269. The van der Waals surface area contributed by atoms with Crippen molar-refractivity contribution >= 4 is 28.7 Å². The molecule has 0 bridgehead atoms. The SMILES string of the molecule is CC(C)(C(=O)O)C1CCC(Oc2nc3nc(-c4ccc(-c5ccccc5O)cc4)c(Cl)cc3[nH]2)CC1. The van der Waals surface area contributed by atoms with Gasteiger partial charge in [-0.25, -0.2) is 4.98 Å². The molecule has 5 rings (SSSR count). The number of pyridine rings is 1. The lowest BCUT2D eigenvalue weighted by atomic mass is 9.70. The van der Waals surface area contributed by atoms with E-state index in [1.807, 2.05) is 36.4 Å². The summed E-state index contributed by atoms with van der Waals surface area (Å²) in [6, 6.07) is 17.1. The zero-order valence-corrected chi connectivity index (χ0v) is 20.9. The Kier molecular flexibility index (Phi) is 6.35. The molecule has 0 unspecified atom stereocenters. The number of imidazole rings is 1. The molecule has 0 aliphatic heterocycles. The smallest absolute Gasteiger partial charge is 0.309 e. The third-order valence-corrected chi connectivity index (χ3v) is 7.59. The third kappa shape index (κ3) is 4.63. The number of aromatic nitrogens is 3. The van der Waals surface area contributed by atoms with Crippen LogP contribution in [-0.2, 0) is 4.79 Å². The Morgan fingerprint density at radius 3 is 2.36 bits per heavy atom. The van der Waals surface area contributed by atoms with Crippen LogP contribution in [0.25, 0.3) is 33.5 Å². The maximum absolute atomic E-state index is 11.6. The lowest BCUT2D eigenvalue weighted by molar-refractivity contribution is -0.151. The van der Waals surface area contributed by atoms with E-state index in [2.05, 4.69) is 15.0 Å². The highest BCUT2D eigenvalue weighted by atomic mass is 35.5. The number of carboxylic acid groups (broad SMARTS) is 1. The molecule has 1 saturated carbocycles. The van der Waals surface area contributed by atoms with E-state index in [1.165, 1.54) is 0 Å².